The second-order valence-corrected chi connectivity index (χ2v) is 5.01. The number of rotatable bonds is 5. The van der Waals surface area contributed by atoms with E-state index < -0.39 is 5.54 Å². The zero-order chi connectivity index (χ0) is 13.9. The van der Waals surface area contributed by atoms with Crippen LogP contribution in [-0.4, -0.2) is 47.6 Å². The van der Waals surface area contributed by atoms with Crippen LogP contribution >= 0.6 is 0 Å². The summed E-state index contributed by atoms with van der Waals surface area (Å²) in [7, 11) is 1.59. The third kappa shape index (κ3) is 3.32. The molecule has 19 heavy (non-hydrogen) atoms. The minimum atomic E-state index is -0.437. The molecule has 2 amide bonds. The zero-order valence-corrected chi connectivity index (χ0v) is 10.9. The summed E-state index contributed by atoms with van der Waals surface area (Å²) in [5.41, 5.74) is 0.120. The highest BCUT2D eigenvalue weighted by atomic mass is 16.3. The molecule has 0 bridgehead atoms. The highest BCUT2D eigenvalue weighted by molar-refractivity contribution is 5.96. The zero-order valence-electron chi connectivity index (χ0n) is 10.9. The molecular weight excluding hydrogens is 244 g/mol. The molecule has 1 aliphatic carbocycles. The average Bonchev–Trinajstić information content (AvgIpc) is 3.19. The summed E-state index contributed by atoms with van der Waals surface area (Å²) in [5.74, 6) is -0.428. The van der Waals surface area contributed by atoms with Gasteiger partial charge < -0.3 is 15.3 Å². The summed E-state index contributed by atoms with van der Waals surface area (Å²) in [6, 6.07) is 8.83. The molecule has 1 aromatic rings. The Hall–Kier alpha value is -1.88. The van der Waals surface area contributed by atoms with Crippen molar-refractivity contribution in [1.29, 1.82) is 0 Å². The molecule has 1 aliphatic rings. The number of nitrogens with one attached hydrogen (secondary N) is 1. The number of hydrogen-bond acceptors (Lipinski definition) is 3. The van der Waals surface area contributed by atoms with Gasteiger partial charge in [0.2, 0.25) is 5.91 Å². The van der Waals surface area contributed by atoms with Gasteiger partial charge in [-0.05, 0) is 25.0 Å². The number of benzene rings is 1. The fourth-order valence-electron chi connectivity index (χ4n) is 1.90. The molecule has 2 N–H and O–H groups in total. The largest absolute Gasteiger partial charge is 0.394 e. The molecule has 0 unspecified atom stereocenters. The van der Waals surface area contributed by atoms with E-state index in [1.807, 2.05) is 6.07 Å². The van der Waals surface area contributed by atoms with Crippen LogP contribution in [0.3, 0.4) is 0 Å². The van der Waals surface area contributed by atoms with Crippen molar-refractivity contribution < 1.29 is 14.7 Å². The highest BCUT2D eigenvalue weighted by Crippen LogP contribution is 2.34. The molecule has 2 rings (SSSR count). The van der Waals surface area contributed by atoms with Crippen molar-refractivity contribution in [1.82, 2.24) is 10.2 Å². The van der Waals surface area contributed by atoms with Crippen molar-refractivity contribution in [3.05, 3.63) is 35.9 Å². The number of amides is 2. The smallest absolute Gasteiger partial charge is 0.254 e. The molecule has 1 saturated carbocycles. The molecule has 1 fully saturated rings. The topological polar surface area (TPSA) is 69.6 Å². The van der Waals surface area contributed by atoms with E-state index >= 15 is 0 Å². The van der Waals surface area contributed by atoms with E-state index in [0.29, 0.717) is 5.56 Å². The molecule has 0 heterocycles. The van der Waals surface area contributed by atoms with Crippen LogP contribution < -0.4 is 5.32 Å². The van der Waals surface area contributed by atoms with Gasteiger partial charge in [-0.15, -0.1) is 0 Å². The van der Waals surface area contributed by atoms with Crippen LogP contribution in [-0.2, 0) is 4.79 Å². The van der Waals surface area contributed by atoms with Gasteiger partial charge in [0, 0.05) is 12.6 Å². The quantitative estimate of drug-likeness (QED) is 0.807. The van der Waals surface area contributed by atoms with Crippen LogP contribution in [0.1, 0.15) is 23.2 Å². The number of aliphatic hydroxyl groups excluding tert-OH is 1. The minimum absolute atomic E-state index is 0.00449. The Labute approximate surface area is 112 Å². The van der Waals surface area contributed by atoms with Crippen LogP contribution in [0.15, 0.2) is 30.3 Å². The molecule has 5 nitrogen and oxygen atoms in total. The Kier molecular flexibility index (Phi) is 3.85. The van der Waals surface area contributed by atoms with Crippen molar-refractivity contribution in [3.63, 3.8) is 0 Å². The summed E-state index contributed by atoms with van der Waals surface area (Å²) >= 11 is 0. The summed E-state index contributed by atoms with van der Waals surface area (Å²) in [6.45, 7) is -0.0510. The number of hydrogen-bond donors (Lipinski definition) is 2. The van der Waals surface area contributed by atoms with Gasteiger partial charge in [-0.3, -0.25) is 9.59 Å². The predicted molar refractivity (Wildman–Crippen MR) is 70.6 cm³/mol. The Balaban J connectivity index is 1.88. The van der Waals surface area contributed by atoms with Crippen LogP contribution in [0.25, 0.3) is 0 Å². The van der Waals surface area contributed by atoms with Crippen molar-refractivity contribution in [2.45, 2.75) is 18.4 Å². The van der Waals surface area contributed by atoms with Gasteiger partial charge in [0.15, 0.2) is 0 Å². The molecule has 0 atom stereocenters. The molecule has 0 spiro atoms. The van der Waals surface area contributed by atoms with Gasteiger partial charge in [-0.1, -0.05) is 18.2 Å². The summed E-state index contributed by atoms with van der Waals surface area (Å²) in [5, 5.41) is 11.9. The lowest BCUT2D eigenvalue weighted by Gasteiger charge is -2.19. The Morgan fingerprint density at radius 3 is 2.47 bits per heavy atom. The molecular formula is C14H18N2O3. The van der Waals surface area contributed by atoms with Crippen molar-refractivity contribution in [2.75, 3.05) is 20.2 Å². The van der Waals surface area contributed by atoms with E-state index in [1.165, 1.54) is 4.90 Å². The predicted octanol–water partition coefficient (Wildman–Crippen LogP) is 0.400. The lowest BCUT2D eigenvalue weighted by Crippen LogP contribution is -2.45. The summed E-state index contributed by atoms with van der Waals surface area (Å²) < 4.78 is 0. The molecule has 0 aromatic heterocycles. The Morgan fingerprint density at radius 2 is 1.95 bits per heavy atom. The van der Waals surface area contributed by atoms with E-state index in [4.69, 9.17) is 5.11 Å². The van der Waals surface area contributed by atoms with Gasteiger partial charge in [0.1, 0.15) is 0 Å². The van der Waals surface area contributed by atoms with Crippen LogP contribution in [0, 0.1) is 0 Å². The van der Waals surface area contributed by atoms with E-state index in [9.17, 15) is 9.59 Å². The maximum absolute atomic E-state index is 12.0. The first-order chi connectivity index (χ1) is 9.06. The minimum Gasteiger partial charge on any atom is -0.394 e. The molecule has 0 radical (unpaired) electrons. The molecule has 0 aliphatic heterocycles. The van der Waals surface area contributed by atoms with Crippen LogP contribution in [0.4, 0.5) is 0 Å². The van der Waals surface area contributed by atoms with Crippen molar-refractivity contribution in [3.8, 4) is 0 Å². The van der Waals surface area contributed by atoms with E-state index in [-0.39, 0.29) is 25.0 Å². The third-order valence-electron chi connectivity index (χ3n) is 3.31. The lowest BCUT2D eigenvalue weighted by atomic mass is 10.2. The molecule has 5 heteroatoms. The number of aliphatic hydroxyl groups is 1. The van der Waals surface area contributed by atoms with Crippen LogP contribution in [0.5, 0.6) is 0 Å². The Morgan fingerprint density at radius 1 is 1.32 bits per heavy atom. The molecule has 0 saturated heterocycles. The molecule has 1 aromatic carbocycles. The van der Waals surface area contributed by atoms with E-state index in [1.54, 1.807) is 31.3 Å². The van der Waals surface area contributed by atoms with Gasteiger partial charge in [0.05, 0.1) is 18.7 Å². The third-order valence-corrected chi connectivity index (χ3v) is 3.31. The molecule has 102 valence electrons. The number of nitrogens with zero attached hydrogens (tertiary/aromatic N) is 1. The fourth-order valence-corrected chi connectivity index (χ4v) is 1.90. The monoisotopic (exact) mass is 262 g/mol. The average molecular weight is 262 g/mol. The van der Waals surface area contributed by atoms with Gasteiger partial charge in [0.25, 0.3) is 5.91 Å². The second kappa shape index (κ2) is 5.40. The van der Waals surface area contributed by atoms with Gasteiger partial charge in [-0.25, -0.2) is 0 Å². The van der Waals surface area contributed by atoms with E-state index in [0.717, 1.165) is 12.8 Å². The first-order valence-electron chi connectivity index (χ1n) is 6.29. The van der Waals surface area contributed by atoms with Crippen molar-refractivity contribution in [2.24, 2.45) is 0 Å². The summed E-state index contributed by atoms with van der Waals surface area (Å²) in [4.78, 5) is 25.2. The highest BCUT2D eigenvalue weighted by Gasteiger charge is 2.43. The maximum Gasteiger partial charge on any atom is 0.254 e. The Bertz CT molecular complexity index is 469. The second-order valence-electron chi connectivity index (χ2n) is 5.01. The van der Waals surface area contributed by atoms with Gasteiger partial charge in [-0.2, -0.15) is 0 Å². The van der Waals surface area contributed by atoms with Crippen LogP contribution in [0.2, 0.25) is 0 Å². The number of carbonyl (C=O) groups is 2. The standard InChI is InChI=1S/C14H18N2O3/c1-16(13(19)11-5-3-2-4-6-11)9-12(18)15-14(10-17)7-8-14/h2-6,17H,7-10H2,1H3,(H,15,18). The first-order valence-corrected chi connectivity index (χ1v) is 6.29. The van der Waals surface area contributed by atoms with Crippen molar-refractivity contribution >= 4 is 11.8 Å². The first kappa shape index (κ1) is 13.5. The van der Waals surface area contributed by atoms with Gasteiger partial charge >= 0.3 is 0 Å². The van der Waals surface area contributed by atoms with E-state index in [2.05, 4.69) is 5.32 Å². The summed E-state index contributed by atoms with van der Waals surface area (Å²) in [6.07, 6.45) is 1.59. The number of likely N-dealkylation sites (N-methyl/N-ethyl adjacent to an activating group) is 1. The number of carbonyl (C=O) groups excluding carboxylic acids is 2. The lowest BCUT2D eigenvalue weighted by molar-refractivity contribution is -0.122. The normalized spacial score (nSPS) is 15.7. The maximum atomic E-state index is 12.0. The SMILES string of the molecule is CN(CC(=O)NC1(CO)CC1)C(=O)c1ccccc1. The fraction of sp³-hybridized carbons (Fsp3) is 0.429.